The first-order chi connectivity index (χ1) is 8.75. The summed E-state index contributed by atoms with van der Waals surface area (Å²) in [6, 6.07) is 9.23. The van der Waals surface area contributed by atoms with Crippen LogP contribution in [0.15, 0.2) is 41.9 Å². The summed E-state index contributed by atoms with van der Waals surface area (Å²) in [4.78, 5) is 15.9. The van der Waals surface area contributed by atoms with E-state index < -0.39 is 6.04 Å². The average molecular weight is 261 g/mol. The smallest absolute Gasteiger partial charge is 0.237 e. The van der Waals surface area contributed by atoms with E-state index in [-0.39, 0.29) is 5.91 Å². The van der Waals surface area contributed by atoms with Gasteiger partial charge in [-0.1, -0.05) is 30.3 Å². The maximum absolute atomic E-state index is 11.8. The number of hydrogen-bond acceptors (Lipinski definition) is 4. The fourth-order valence-corrected chi connectivity index (χ4v) is 2.15. The number of carbonyl (C=O) groups is 1. The van der Waals surface area contributed by atoms with Gasteiger partial charge in [-0.25, -0.2) is 4.98 Å². The molecule has 1 atom stereocenters. The SMILES string of the molecule is NC(Cc1ccccc1)C(=O)NCc1nccs1. The minimum Gasteiger partial charge on any atom is -0.348 e. The number of rotatable bonds is 5. The van der Waals surface area contributed by atoms with Gasteiger partial charge < -0.3 is 11.1 Å². The first-order valence-corrected chi connectivity index (χ1v) is 6.59. The zero-order chi connectivity index (χ0) is 12.8. The fourth-order valence-electron chi connectivity index (χ4n) is 1.59. The molecule has 1 unspecified atom stereocenters. The van der Waals surface area contributed by atoms with Crippen LogP contribution in [0.4, 0.5) is 0 Å². The van der Waals surface area contributed by atoms with Crippen LogP contribution in [0.5, 0.6) is 0 Å². The highest BCUT2D eigenvalue weighted by Gasteiger charge is 2.13. The number of carbonyl (C=O) groups excluding carboxylic acids is 1. The summed E-state index contributed by atoms with van der Waals surface area (Å²) in [6.07, 6.45) is 2.26. The average Bonchev–Trinajstić information content (AvgIpc) is 2.90. The highest BCUT2D eigenvalue weighted by molar-refractivity contribution is 7.09. The maximum atomic E-state index is 11.8. The molecular weight excluding hydrogens is 246 g/mol. The molecule has 94 valence electrons. The highest BCUT2D eigenvalue weighted by Crippen LogP contribution is 2.04. The van der Waals surface area contributed by atoms with Crippen LogP contribution in [0.3, 0.4) is 0 Å². The zero-order valence-corrected chi connectivity index (χ0v) is 10.7. The molecule has 1 amide bonds. The van der Waals surface area contributed by atoms with E-state index in [1.54, 1.807) is 6.20 Å². The first-order valence-electron chi connectivity index (χ1n) is 5.71. The number of amides is 1. The Morgan fingerprint density at radius 1 is 1.39 bits per heavy atom. The molecule has 0 spiro atoms. The number of aromatic nitrogens is 1. The Morgan fingerprint density at radius 2 is 2.17 bits per heavy atom. The number of nitrogens with two attached hydrogens (primary N) is 1. The Hall–Kier alpha value is -1.72. The van der Waals surface area contributed by atoms with Crippen LogP contribution in [0, 0.1) is 0 Å². The van der Waals surface area contributed by atoms with Crippen molar-refractivity contribution >= 4 is 17.2 Å². The second-order valence-corrected chi connectivity index (χ2v) is 4.92. The molecule has 0 radical (unpaired) electrons. The van der Waals surface area contributed by atoms with Gasteiger partial charge in [-0.3, -0.25) is 4.79 Å². The molecule has 0 aliphatic rings. The lowest BCUT2D eigenvalue weighted by Crippen LogP contribution is -2.41. The van der Waals surface area contributed by atoms with E-state index in [2.05, 4.69) is 10.3 Å². The largest absolute Gasteiger partial charge is 0.348 e. The molecule has 5 heteroatoms. The van der Waals surface area contributed by atoms with Crippen molar-refractivity contribution in [3.05, 3.63) is 52.5 Å². The summed E-state index contributed by atoms with van der Waals surface area (Å²) in [5, 5.41) is 5.55. The Kier molecular flexibility index (Phi) is 4.44. The normalized spacial score (nSPS) is 12.1. The van der Waals surface area contributed by atoms with E-state index in [1.165, 1.54) is 11.3 Å². The van der Waals surface area contributed by atoms with Crippen LogP contribution in [0.25, 0.3) is 0 Å². The van der Waals surface area contributed by atoms with E-state index in [9.17, 15) is 4.79 Å². The minimum atomic E-state index is -0.521. The molecule has 18 heavy (non-hydrogen) atoms. The highest BCUT2D eigenvalue weighted by atomic mass is 32.1. The molecule has 1 heterocycles. The molecule has 2 aromatic rings. The van der Waals surface area contributed by atoms with Crippen molar-refractivity contribution in [2.45, 2.75) is 19.0 Å². The van der Waals surface area contributed by atoms with Crippen molar-refractivity contribution in [2.24, 2.45) is 5.73 Å². The van der Waals surface area contributed by atoms with E-state index >= 15 is 0 Å². The van der Waals surface area contributed by atoms with Crippen LogP contribution in [0.1, 0.15) is 10.6 Å². The summed E-state index contributed by atoms with van der Waals surface area (Å²) >= 11 is 1.51. The van der Waals surface area contributed by atoms with Gasteiger partial charge in [-0.2, -0.15) is 0 Å². The van der Waals surface area contributed by atoms with Crippen molar-refractivity contribution in [2.75, 3.05) is 0 Å². The summed E-state index contributed by atoms with van der Waals surface area (Å²) in [5.74, 6) is -0.144. The summed E-state index contributed by atoms with van der Waals surface area (Å²) in [6.45, 7) is 0.443. The molecule has 1 aromatic heterocycles. The van der Waals surface area contributed by atoms with Crippen molar-refractivity contribution in [3.8, 4) is 0 Å². The number of hydrogen-bond donors (Lipinski definition) is 2. The van der Waals surface area contributed by atoms with Crippen molar-refractivity contribution in [1.29, 1.82) is 0 Å². The number of nitrogens with one attached hydrogen (secondary N) is 1. The minimum absolute atomic E-state index is 0.144. The monoisotopic (exact) mass is 261 g/mol. The lowest BCUT2D eigenvalue weighted by molar-refractivity contribution is -0.122. The van der Waals surface area contributed by atoms with Crippen LogP contribution >= 0.6 is 11.3 Å². The van der Waals surface area contributed by atoms with E-state index in [1.807, 2.05) is 35.7 Å². The van der Waals surface area contributed by atoms with Gasteiger partial charge in [0, 0.05) is 11.6 Å². The second-order valence-electron chi connectivity index (χ2n) is 3.94. The third kappa shape index (κ3) is 3.65. The van der Waals surface area contributed by atoms with Crippen LogP contribution in [0.2, 0.25) is 0 Å². The standard InChI is InChI=1S/C13H15N3OS/c14-11(8-10-4-2-1-3-5-10)13(17)16-9-12-15-6-7-18-12/h1-7,11H,8-9,14H2,(H,16,17). The molecule has 1 aromatic carbocycles. The summed E-state index contributed by atoms with van der Waals surface area (Å²) < 4.78 is 0. The molecular formula is C13H15N3OS. The molecule has 0 bridgehead atoms. The quantitative estimate of drug-likeness (QED) is 0.853. The van der Waals surface area contributed by atoms with Crippen molar-refractivity contribution in [1.82, 2.24) is 10.3 Å². The zero-order valence-electron chi connectivity index (χ0n) is 9.87. The molecule has 0 fully saturated rings. The van der Waals surface area contributed by atoms with Gasteiger partial charge in [0.15, 0.2) is 0 Å². The van der Waals surface area contributed by atoms with Gasteiger partial charge in [0.05, 0.1) is 12.6 Å². The van der Waals surface area contributed by atoms with Crippen LogP contribution in [-0.2, 0) is 17.8 Å². The predicted molar refractivity (Wildman–Crippen MR) is 72.1 cm³/mol. The molecule has 0 saturated heterocycles. The van der Waals surface area contributed by atoms with Gasteiger partial charge in [0.1, 0.15) is 5.01 Å². The van der Waals surface area contributed by atoms with Crippen LogP contribution in [-0.4, -0.2) is 16.9 Å². The van der Waals surface area contributed by atoms with E-state index in [4.69, 9.17) is 5.73 Å². The molecule has 2 rings (SSSR count). The number of nitrogens with zero attached hydrogens (tertiary/aromatic N) is 1. The Morgan fingerprint density at radius 3 is 2.83 bits per heavy atom. The molecule has 0 aliphatic carbocycles. The number of thiazole rings is 1. The predicted octanol–water partition coefficient (Wildman–Crippen LogP) is 1.33. The number of benzene rings is 1. The molecule has 4 nitrogen and oxygen atoms in total. The maximum Gasteiger partial charge on any atom is 0.237 e. The van der Waals surface area contributed by atoms with Crippen LogP contribution < -0.4 is 11.1 Å². The van der Waals surface area contributed by atoms with Gasteiger partial charge in [-0.05, 0) is 12.0 Å². The second kappa shape index (κ2) is 6.28. The topological polar surface area (TPSA) is 68.0 Å². The van der Waals surface area contributed by atoms with E-state index in [0.29, 0.717) is 13.0 Å². The molecule has 3 N–H and O–H groups in total. The lowest BCUT2D eigenvalue weighted by atomic mass is 10.1. The first kappa shape index (κ1) is 12.7. The third-order valence-electron chi connectivity index (χ3n) is 2.53. The van der Waals surface area contributed by atoms with Gasteiger partial charge >= 0.3 is 0 Å². The van der Waals surface area contributed by atoms with Gasteiger partial charge in [-0.15, -0.1) is 11.3 Å². The fraction of sp³-hybridized carbons (Fsp3) is 0.231. The summed E-state index contributed by atoms with van der Waals surface area (Å²) in [5.41, 5.74) is 6.92. The lowest BCUT2D eigenvalue weighted by Gasteiger charge is -2.11. The van der Waals surface area contributed by atoms with Gasteiger partial charge in [0.25, 0.3) is 0 Å². The van der Waals surface area contributed by atoms with E-state index in [0.717, 1.165) is 10.6 Å². The van der Waals surface area contributed by atoms with Gasteiger partial charge in [0.2, 0.25) is 5.91 Å². The Balaban J connectivity index is 1.82. The molecule has 0 saturated carbocycles. The summed E-state index contributed by atoms with van der Waals surface area (Å²) in [7, 11) is 0. The third-order valence-corrected chi connectivity index (χ3v) is 3.31. The Bertz CT molecular complexity index is 484. The Labute approximate surface area is 110 Å². The van der Waals surface area contributed by atoms with Crippen molar-refractivity contribution < 1.29 is 4.79 Å². The van der Waals surface area contributed by atoms with Crippen molar-refractivity contribution in [3.63, 3.8) is 0 Å². The molecule has 0 aliphatic heterocycles.